The van der Waals surface area contributed by atoms with Gasteiger partial charge in [0, 0.05) is 39.1 Å². The van der Waals surface area contributed by atoms with Crippen LogP contribution < -0.4 is 14.8 Å². The highest BCUT2D eigenvalue weighted by molar-refractivity contribution is 5.76. The van der Waals surface area contributed by atoms with Crippen LogP contribution in [0.1, 0.15) is 56.9 Å². The molecule has 2 saturated heterocycles. The number of ether oxygens (including phenoxy) is 2. The number of likely N-dealkylation sites (tertiary alicyclic amines) is 2. The van der Waals surface area contributed by atoms with Crippen molar-refractivity contribution >= 4 is 5.91 Å². The van der Waals surface area contributed by atoms with Crippen molar-refractivity contribution < 1.29 is 19.4 Å². The molecule has 7 nitrogen and oxygen atoms in total. The lowest BCUT2D eigenvalue weighted by molar-refractivity contribution is -0.133. The number of hydrogen-bond donors (Lipinski definition) is 2. The summed E-state index contributed by atoms with van der Waals surface area (Å²) in [5.41, 5.74) is 1.09. The highest BCUT2D eigenvalue weighted by Gasteiger charge is 2.17. The molecule has 2 N–H and O–H groups in total. The van der Waals surface area contributed by atoms with E-state index in [1.807, 2.05) is 23.1 Å². The Bertz CT molecular complexity index is 692. The number of hydrogen-bond acceptors (Lipinski definition) is 6. The fourth-order valence-electron chi connectivity index (χ4n) is 4.52. The van der Waals surface area contributed by atoms with Crippen LogP contribution in [0.3, 0.4) is 0 Å². The average Bonchev–Trinajstić information content (AvgIpc) is 2.78. The maximum absolute atomic E-state index is 11.9. The zero-order valence-electron chi connectivity index (χ0n) is 19.7. The van der Waals surface area contributed by atoms with Crippen LogP contribution >= 0.6 is 0 Å². The van der Waals surface area contributed by atoms with Crippen LogP contribution in [0.2, 0.25) is 0 Å². The molecule has 180 valence electrons. The van der Waals surface area contributed by atoms with Crippen LogP contribution in [-0.2, 0) is 11.3 Å². The quantitative estimate of drug-likeness (QED) is 0.508. The Kier molecular flexibility index (Phi) is 10.6. The number of β-amino-alcohol motifs (C(OH)–C–C–N with tert-alkyl or cyclic N) is 1. The monoisotopic (exact) mass is 447 g/mol. The second kappa shape index (κ2) is 13.7. The predicted octanol–water partition coefficient (Wildman–Crippen LogP) is 2.80. The van der Waals surface area contributed by atoms with Crippen molar-refractivity contribution in [3.63, 3.8) is 0 Å². The maximum atomic E-state index is 11.9. The molecular formula is C25H41N3O4. The molecule has 2 fully saturated rings. The van der Waals surface area contributed by atoms with Crippen LogP contribution in [0.5, 0.6) is 11.5 Å². The summed E-state index contributed by atoms with van der Waals surface area (Å²) < 4.78 is 11.4. The van der Waals surface area contributed by atoms with E-state index >= 15 is 0 Å². The number of piperidine rings is 1. The van der Waals surface area contributed by atoms with Gasteiger partial charge in [0.1, 0.15) is 12.7 Å². The lowest BCUT2D eigenvalue weighted by Gasteiger charge is -2.27. The van der Waals surface area contributed by atoms with E-state index in [2.05, 4.69) is 10.2 Å². The number of methoxy groups -OCH3 is 1. The first-order chi connectivity index (χ1) is 15.7. The first kappa shape index (κ1) is 24.8. The Balaban J connectivity index is 1.43. The molecule has 1 atom stereocenters. The molecule has 0 aromatic heterocycles. The minimum Gasteiger partial charge on any atom is -0.493 e. The zero-order valence-corrected chi connectivity index (χ0v) is 19.7. The second-order valence-corrected chi connectivity index (χ2v) is 9.03. The summed E-state index contributed by atoms with van der Waals surface area (Å²) in [6, 6.07) is 5.90. The Morgan fingerprint density at radius 3 is 2.53 bits per heavy atom. The number of aliphatic hydroxyl groups excluding tert-OH is 1. The first-order valence-corrected chi connectivity index (χ1v) is 12.3. The summed E-state index contributed by atoms with van der Waals surface area (Å²) >= 11 is 0. The van der Waals surface area contributed by atoms with E-state index in [-0.39, 0.29) is 12.5 Å². The van der Waals surface area contributed by atoms with E-state index < -0.39 is 6.10 Å². The van der Waals surface area contributed by atoms with Crippen molar-refractivity contribution in [2.75, 3.05) is 53.0 Å². The molecule has 32 heavy (non-hydrogen) atoms. The van der Waals surface area contributed by atoms with Crippen LogP contribution in [0.15, 0.2) is 18.2 Å². The lowest BCUT2D eigenvalue weighted by atomic mass is 10.1. The van der Waals surface area contributed by atoms with Gasteiger partial charge in [0.25, 0.3) is 0 Å². The Hall–Kier alpha value is -1.83. The summed E-state index contributed by atoms with van der Waals surface area (Å²) in [7, 11) is 1.63. The number of carbonyl (C=O) groups excluding carboxylic acids is 1. The molecule has 1 unspecified atom stereocenters. The van der Waals surface area contributed by atoms with Gasteiger partial charge in [-0.25, -0.2) is 0 Å². The Morgan fingerprint density at radius 2 is 1.78 bits per heavy atom. The van der Waals surface area contributed by atoms with Gasteiger partial charge in [-0.1, -0.05) is 25.3 Å². The van der Waals surface area contributed by atoms with Gasteiger partial charge in [-0.15, -0.1) is 0 Å². The third kappa shape index (κ3) is 8.26. The lowest BCUT2D eigenvalue weighted by Crippen LogP contribution is -2.39. The average molecular weight is 448 g/mol. The number of nitrogens with one attached hydrogen (secondary N) is 1. The third-order valence-electron chi connectivity index (χ3n) is 6.39. The van der Waals surface area contributed by atoms with Gasteiger partial charge >= 0.3 is 0 Å². The molecule has 0 saturated carbocycles. The number of benzene rings is 1. The fourth-order valence-corrected chi connectivity index (χ4v) is 4.52. The van der Waals surface area contributed by atoms with E-state index in [0.717, 1.165) is 51.1 Å². The Labute approximate surface area is 193 Å². The molecule has 2 aliphatic heterocycles. The number of amides is 1. The molecule has 2 aliphatic rings. The molecule has 3 rings (SSSR count). The van der Waals surface area contributed by atoms with Gasteiger partial charge in [0.2, 0.25) is 5.91 Å². The summed E-state index contributed by atoms with van der Waals surface area (Å²) in [6.07, 6.45) is 8.61. The van der Waals surface area contributed by atoms with Crippen molar-refractivity contribution in [3.05, 3.63) is 23.8 Å². The summed E-state index contributed by atoms with van der Waals surface area (Å²) in [6.45, 7) is 6.11. The molecule has 1 amide bonds. The van der Waals surface area contributed by atoms with Crippen molar-refractivity contribution in [3.8, 4) is 11.5 Å². The SMILES string of the molecule is COc1ccc(CNCCN2CCCCC2=O)cc1OCC(O)CN1CCCCCCC1. The van der Waals surface area contributed by atoms with Crippen molar-refractivity contribution in [2.24, 2.45) is 0 Å². The molecular weight excluding hydrogens is 406 g/mol. The third-order valence-corrected chi connectivity index (χ3v) is 6.39. The number of carbonyl (C=O) groups is 1. The summed E-state index contributed by atoms with van der Waals surface area (Å²) in [5, 5.41) is 13.9. The summed E-state index contributed by atoms with van der Waals surface area (Å²) in [5.74, 6) is 1.60. The van der Waals surface area contributed by atoms with E-state index in [1.165, 1.54) is 32.1 Å². The van der Waals surface area contributed by atoms with Crippen LogP contribution in [-0.4, -0.2) is 79.9 Å². The van der Waals surface area contributed by atoms with Crippen LogP contribution in [0.4, 0.5) is 0 Å². The van der Waals surface area contributed by atoms with Crippen molar-refractivity contribution in [2.45, 2.75) is 64.0 Å². The molecule has 0 spiro atoms. The second-order valence-electron chi connectivity index (χ2n) is 9.03. The van der Waals surface area contributed by atoms with E-state index in [1.54, 1.807) is 7.11 Å². The van der Waals surface area contributed by atoms with Gasteiger partial charge in [0.15, 0.2) is 11.5 Å². The molecule has 0 bridgehead atoms. The molecule has 7 heteroatoms. The van der Waals surface area contributed by atoms with Crippen LogP contribution in [0, 0.1) is 0 Å². The number of rotatable bonds is 11. The first-order valence-electron chi connectivity index (χ1n) is 12.3. The van der Waals surface area contributed by atoms with Gasteiger partial charge in [-0.2, -0.15) is 0 Å². The van der Waals surface area contributed by atoms with Crippen molar-refractivity contribution in [1.29, 1.82) is 0 Å². The highest BCUT2D eigenvalue weighted by Crippen LogP contribution is 2.28. The maximum Gasteiger partial charge on any atom is 0.222 e. The molecule has 0 aliphatic carbocycles. The van der Waals surface area contributed by atoms with Crippen LogP contribution in [0.25, 0.3) is 0 Å². The number of nitrogens with zero attached hydrogens (tertiary/aromatic N) is 2. The van der Waals surface area contributed by atoms with E-state index in [9.17, 15) is 9.90 Å². The standard InChI is InChI=1S/C25H41N3O4/c1-31-23-11-10-21(18-26-12-16-28-15-8-5-9-25(28)30)17-24(23)32-20-22(29)19-27-13-6-3-2-4-7-14-27/h10-11,17,22,26,29H,2-9,12-16,18-20H2,1H3. The fraction of sp³-hybridized carbons (Fsp3) is 0.720. The highest BCUT2D eigenvalue weighted by atomic mass is 16.5. The molecule has 1 aromatic rings. The van der Waals surface area contributed by atoms with Gasteiger partial charge in [-0.3, -0.25) is 4.79 Å². The van der Waals surface area contributed by atoms with Crippen molar-refractivity contribution in [1.82, 2.24) is 15.1 Å². The minimum atomic E-state index is -0.525. The smallest absolute Gasteiger partial charge is 0.222 e. The molecule has 1 aromatic carbocycles. The number of aliphatic hydroxyl groups is 1. The van der Waals surface area contributed by atoms with E-state index in [0.29, 0.717) is 31.0 Å². The molecule has 2 heterocycles. The summed E-state index contributed by atoms with van der Waals surface area (Å²) in [4.78, 5) is 16.2. The van der Waals surface area contributed by atoms with Gasteiger partial charge in [-0.05, 0) is 56.5 Å². The predicted molar refractivity (Wildman–Crippen MR) is 126 cm³/mol. The Morgan fingerprint density at radius 1 is 1.03 bits per heavy atom. The topological polar surface area (TPSA) is 74.3 Å². The minimum absolute atomic E-state index is 0.251. The normalized spacial score (nSPS) is 19.3. The van der Waals surface area contributed by atoms with Gasteiger partial charge in [0.05, 0.1) is 7.11 Å². The zero-order chi connectivity index (χ0) is 22.6. The van der Waals surface area contributed by atoms with Gasteiger partial charge < -0.3 is 29.7 Å². The largest absolute Gasteiger partial charge is 0.493 e. The molecule has 0 radical (unpaired) electrons. The van der Waals surface area contributed by atoms with E-state index in [4.69, 9.17) is 9.47 Å².